The van der Waals surface area contributed by atoms with Crippen LogP contribution in [0.2, 0.25) is 0 Å². The molecule has 3 N–H and O–H groups in total. The van der Waals surface area contributed by atoms with Crippen LogP contribution in [0.1, 0.15) is 83.5 Å². The van der Waals surface area contributed by atoms with Crippen molar-refractivity contribution < 1.29 is 14.4 Å². The molecule has 0 aromatic carbocycles. The average Bonchev–Trinajstić information content (AvgIpc) is 2.68. The summed E-state index contributed by atoms with van der Waals surface area (Å²) in [7, 11) is 0. The molecule has 0 aromatic heterocycles. The highest BCUT2D eigenvalue weighted by atomic mass is 16.2. The molecule has 170 valence electrons. The second-order valence-electron chi connectivity index (χ2n) is 12.6. The molecule has 8 aliphatic carbocycles. The number of rotatable bonds is 5. The summed E-state index contributed by atoms with van der Waals surface area (Å²) in [6.45, 7) is -0.0573. The van der Waals surface area contributed by atoms with Crippen LogP contribution in [0.5, 0.6) is 0 Å². The lowest BCUT2D eigenvalue weighted by atomic mass is 9.49. The molecule has 0 saturated heterocycles. The molecule has 0 aliphatic heterocycles. The topological polar surface area (TPSA) is 87.3 Å². The third-order valence-electron chi connectivity index (χ3n) is 9.97. The van der Waals surface area contributed by atoms with Crippen LogP contribution in [0.25, 0.3) is 0 Å². The van der Waals surface area contributed by atoms with Gasteiger partial charge in [0.25, 0.3) is 5.91 Å². The van der Waals surface area contributed by atoms with Gasteiger partial charge in [-0.2, -0.15) is 0 Å². The van der Waals surface area contributed by atoms with Crippen LogP contribution in [0, 0.1) is 46.3 Å². The fourth-order valence-electron chi connectivity index (χ4n) is 9.81. The molecular weight excluding hydrogens is 390 g/mol. The van der Waals surface area contributed by atoms with Gasteiger partial charge in [0.2, 0.25) is 11.8 Å². The molecule has 0 heterocycles. The third-order valence-corrected chi connectivity index (χ3v) is 9.97. The maximum atomic E-state index is 13.0. The van der Waals surface area contributed by atoms with Crippen molar-refractivity contribution in [3.8, 4) is 0 Å². The van der Waals surface area contributed by atoms with Crippen molar-refractivity contribution in [2.45, 2.75) is 83.5 Å². The lowest BCUT2D eigenvalue weighted by Gasteiger charge is -2.56. The van der Waals surface area contributed by atoms with Gasteiger partial charge in [0.05, 0.1) is 6.54 Å². The summed E-state index contributed by atoms with van der Waals surface area (Å²) in [5.41, 5.74) is 5.09. The Morgan fingerprint density at radius 2 is 1.03 bits per heavy atom. The van der Waals surface area contributed by atoms with Crippen molar-refractivity contribution in [1.29, 1.82) is 0 Å². The molecule has 8 saturated carbocycles. The van der Waals surface area contributed by atoms with Gasteiger partial charge >= 0.3 is 0 Å². The van der Waals surface area contributed by atoms with Crippen molar-refractivity contribution in [2.75, 3.05) is 6.54 Å². The number of carbonyl (C=O) groups is 3. The zero-order chi connectivity index (χ0) is 21.2. The zero-order valence-corrected chi connectivity index (χ0v) is 18.6. The zero-order valence-electron chi connectivity index (χ0n) is 18.6. The number of nitrogens with one attached hydrogen (secondary N) is 3. The Morgan fingerprint density at radius 1 is 0.613 bits per heavy atom. The first-order valence-electron chi connectivity index (χ1n) is 12.7. The second-order valence-corrected chi connectivity index (χ2v) is 12.6. The van der Waals surface area contributed by atoms with Gasteiger partial charge in [0.15, 0.2) is 0 Å². The molecule has 8 rings (SSSR count). The highest BCUT2D eigenvalue weighted by molar-refractivity contribution is 5.89. The Morgan fingerprint density at radius 3 is 1.52 bits per heavy atom. The third kappa shape index (κ3) is 3.68. The maximum Gasteiger partial charge on any atom is 0.257 e. The van der Waals surface area contributed by atoms with Crippen LogP contribution < -0.4 is 16.2 Å². The smallest absolute Gasteiger partial charge is 0.257 e. The van der Waals surface area contributed by atoms with Crippen molar-refractivity contribution in [2.24, 2.45) is 46.3 Å². The Bertz CT molecular complexity index is 720. The van der Waals surface area contributed by atoms with Crippen molar-refractivity contribution in [3.05, 3.63) is 0 Å². The fourth-order valence-corrected chi connectivity index (χ4v) is 9.81. The van der Waals surface area contributed by atoms with Gasteiger partial charge in [-0.3, -0.25) is 25.2 Å². The number of carbonyl (C=O) groups excluding carboxylic acids is 3. The fraction of sp³-hybridized carbons (Fsp3) is 0.880. The summed E-state index contributed by atoms with van der Waals surface area (Å²) in [6.07, 6.45) is 15.0. The summed E-state index contributed by atoms with van der Waals surface area (Å²) in [4.78, 5) is 37.9. The van der Waals surface area contributed by atoms with E-state index in [-0.39, 0.29) is 35.1 Å². The van der Waals surface area contributed by atoms with E-state index in [2.05, 4.69) is 16.2 Å². The molecule has 8 bridgehead atoms. The predicted octanol–water partition coefficient (Wildman–Crippen LogP) is 3.07. The number of amides is 3. The Labute approximate surface area is 185 Å². The molecule has 0 radical (unpaired) electrons. The number of hydrogen-bond acceptors (Lipinski definition) is 3. The van der Waals surface area contributed by atoms with E-state index < -0.39 is 0 Å². The lowest BCUT2D eigenvalue weighted by molar-refractivity contribution is -0.147. The van der Waals surface area contributed by atoms with E-state index in [9.17, 15) is 14.4 Å². The molecular formula is C25H37N3O3. The SMILES string of the molecule is O=C(CNC(=O)C12CC3CC(CC(C3)C1)C2)NNC(=O)CC12CC3CC(CC(C3)C1)C2. The Kier molecular flexibility index (Phi) is 4.66. The molecule has 0 aromatic rings. The molecule has 3 amide bonds. The molecule has 6 heteroatoms. The van der Waals surface area contributed by atoms with Crippen LogP contribution >= 0.6 is 0 Å². The molecule has 31 heavy (non-hydrogen) atoms. The van der Waals surface area contributed by atoms with Gasteiger partial charge in [-0.25, -0.2) is 0 Å². The van der Waals surface area contributed by atoms with Gasteiger partial charge in [-0.15, -0.1) is 0 Å². The van der Waals surface area contributed by atoms with Gasteiger partial charge in [-0.05, 0) is 118 Å². The molecule has 6 nitrogen and oxygen atoms in total. The van der Waals surface area contributed by atoms with Crippen molar-refractivity contribution in [3.63, 3.8) is 0 Å². The second kappa shape index (κ2) is 7.21. The highest BCUT2D eigenvalue weighted by Crippen LogP contribution is 2.61. The van der Waals surface area contributed by atoms with E-state index in [1.54, 1.807) is 0 Å². The van der Waals surface area contributed by atoms with Gasteiger partial charge < -0.3 is 5.32 Å². The Balaban J connectivity index is 0.965. The minimum Gasteiger partial charge on any atom is -0.346 e. The van der Waals surface area contributed by atoms with Gasteiger partial charge in [0, 0.05) is 11.8 Å². The molecule has 0 spiro atoms. The Hall–Kier alpha value is -1.59. The summed E-state index contributed by atoms with van der Waals surface area (Å²) in [5.74, 6) is 4.19. The number of hydrogen-bond donors (Lipinski definition) is 3. The lowest BCUT2D eigenvalue weighted by Crippen LogP contribution is -2.55. The minimum atomic E-state index is -0.336. The van der Waals surface area contributed by atoms with Crippen LogP contribution in [0.3, 0.4) is 0 Å². The van der Waals surface area contributed by atoms with E-state index in [0.29, 0.717) is 24.2 Å². The minimum absolute atomic E-state index is 0.0571. The van der Waals surface area contributed by atoms with Gasteiger partial charge in [-0.1, -0.05) is 0 Å². The monoisotopic (exact) mass is 427 g/mol. The van der Waals surface area contributed by atoms with E-state index >= 15 is 0 Å². The van der Waals surface area contributed by atoms with Crippen LogP contribution in [-0.2, 0) is 14.4 Å². The summed E-state index contributed by atoms with van der Waals surface area (Å²) in [6, 6.07) is 0. The first kappa shape index (κ1) is 20.0. The maximum absolute atomic E-state index is 13.0. The largest absolute Gasteiger partial charge is 0.346 e. The quantitative estimate of drug-likeness (QED) is 0.589. The first-order chi connectivity index (χ1) is 14.9. The van der Waals surface area contributed by atoms with Crippen molar-refractivity contribution in [1.82, 2.24) is 16.2 Å². The first-order valence-corrected chi connectivity index (χ1v) is 12.7. The van der Waals surface area contributed by atoms with Crippen LogP contribution in [0.15, 0.2) is 0 Å². The van der Waals surface area contributed by atoms with E-state index in [1.807, 2.05) is 0 Å². The van der Waals surface area contributed by atoms with Crippen LogP contribution in [-0.4, -0.2) is 24.3 Å². The number of hydrazine groups is 1. The molecule has 0 atom stereocenters. The van der Waals surface area contributed by atoms with E-state index in [1.165, 1.54) is 57.8 Å². The summed E-state index contributed by atoms with van der Waals surface area (Å²) < 4.78 is 0. The summed E-state index contributed by atoms with van der Waals surface area (Å²) in [5, 5.41) is 2.89. The van der Waals surface area contributed by atoms with Crippen molar-refractivity contribution >= 4 is 17.7 Å². The summed E-state index contributed by atoms with van der Waals surface area (Å²) >= 11 is 0. The predicted molar refractivity (Wildman–Crippen MR) is 115 cm³/mol. The van der Waals surface area contributed by atoms with Gasteiger partial charge in [0.1, 0.15) is 0 Å². The molecule has 8 aliphatic rings. The normalized spacial score (nSPS) is 46.1. The standard InChI is InChI=1S/C25H37N3O3/c29-21(13-24-7-15-1-16(8-24)3-17(2-15)9-24)27-28-22(30)14-26-23(31)25-10-18-4-19(11-25)6-20(5-18)12-25/h15-20H,1-14H2,(H,26,31)(H,27,29)(H,28,30). The van der Waals surface area contributed by atoms with E-state index in [4.69, 9.17) is 0 Å². The molecule has 0 unspecified atom stereocenters. The van der Waals surface area contributed by atoms with Crippen LogP contribution in [0.4, 0.5) is 0 Å². The molecule has 8 fully saturated rings. The highest BCUT2D eigenvalue weighted by Gasteiger charge is 2.54. The average molecular weight is 428 g/mol. The van der Waals surface area contributed by atoms with E-state index in [0.717, 1.165) is 37.0 Å².